The van der Waals surface area contributed by atoms with Gasteiger partial charge in [-0.25, -0.2) is 19.3 Å². The molecule has 0 aliphatic carbocycles. The van der Waals surface area contributed by atoms with E-state index in [-0.39, 0.29) is 5.69 Å². The molecule has 0 spiro atoms. The van der Waals surface area contributed by atoms with Crippen molar-refractivity contribution in [1.82, 2.24) is 19.6 Å². The molecule has 2 aromatic heterocycles. The number of hydrogen-bond acceptors (Lipinski definition) is 4. The zero-order chi connectivity index (χ0) is 15.2. The first-order valence-corrected chi connectivity index (χ1v) is 7.76. The average Bonchev–Trinajstić information content (AvgIpc) is 2.79. The number of nitrogens with zero attached hydrogens (tertiary/aromatic N) is 3. The second kappa shape index (κ2) is 7.24. The molecule has 0 aliphatic heterocycles. The monoisotopic (exact) mass is 291 g/mol. The van der Waals surface area contributed by atoms with Gasteiger partial charge in [0.05, 0.1) is 0 Å². The van der Waals surface area contributed by atoms with E-state index in [1.165, 1.54) is 30.1 Å². The van der Waals surface area contributed by atoms with Crippen LogP contribution in [-0.4, -0.2) is 26.1 Å². The topological polar surface area (TPSA) is 75.1 Å². The molecule has 2 N–H and O–H groups in total. The molecule has 0 bridgehead atoms. The molecule has 0 amide bonds. The van der Waals surface area contributed by atoms with E-state index in [4.69, 9.17) is 0 Å². The first-order chi connectivity index (χ1) is 10.1. The third-order valence-electron chi connectivity index (χ3n) is 3.58. The van der Waals surface area contributed by atoms with E-state index in [1.807, 2.05) is 0 Å². The predicted octanol–water partition coefficient (Wildman–Crippen LogP) is 2.74. The number of aromatic nitrogens is 4. The molecule has 6 heteroatoms. The van der Waals surface area contributed by atoms with Gasteiger partial charge in [-0.1, -0.05) is 39.5 Å². The lowest BCUT2D eigenvalue weighted by atomic mass is 10.0. The van der Waals surface area contributed by atoms with Gasteiger partial charge in [0.25, 0.3) is 0 Å². The third-order valence-corrected chi connectivity index (χ3v) is 3.58. The van der Waals surface area contributed by atoms with Crippen LogP contribution >= 0.6 is 0 Å². The molecule has 2 aromatic rings. The summed E-state index contributed by atoms with van der Waals surface area (Å²) in [6.45, 7) is 7.25. The Morgan fingerprint density at radius 3 is 2.81 bits per heavy atom. The van der Waals surface area contributed by atoms with Crippen molar-refractivity contribution in [3.05, 3.63) is 22.4 Å². The molecule has 0 unspecified atom stereocenters. The fraction of sp³-hybridized carbons (Fsp3) is 0.667. The lowest BCUT2D eigenvalue weighted by Crippen LogP contribution is -2.14. The number of H-pyrrole nitrogens is 1. The molecule has 21 heavy (non-hydrogen) atoms. The van der Waals surface area contributed by atoms with E-state index in [1.54, 1.807) is 13.0 Å². The van der Waals surface area contributed by atoms with Crippen molar-refractivity contribution in [2.24, 2.45) is 5.92 Å². The lowest BCUT2D eigenvalue weighted by Gasteiger charge is -2.07. The Bertz CT molecular complexity index is 629. The first kappa shape index (κ1) is 15.5. The van der Waals surface area contributed by atoms with E-state index in [0.29, 0.717) is 11.5 Å². The molecule has 0 aliphatic rings. The van der Waals surface area contributed by atoms with Crippen LogP contribution in [0.1, 0.15) is 51.8 Å². The smallest absolute Gasteiger partial charge is 0.349 e. The molecular formula is C15H25N5O. The number of nitrogens with one attached hydrogen (secondary N) is 2. The molecule has 0 saturated heterocycles. The summed E-state index contributed by atoms with van der Waals surface area (Å²) in [7, 11) is 0. The van der Waals surface area contributed by atoms with Crippen molar-refractivity contribution in [3.8, 4) is 0 Å². The molecule has 6 nitrogen and oxygen atoms in total. The zero-order valence-electron chi connectivity index (χ0n) is 13.1. The van der Waals surface area contributed by atoms with Gasteiger partial charge in [-0.15, -0.1) is 0 Å². The minimum absolute atomic E-state index is 0.244. The largest absolute Gasteiger partial charge is 0.370 e. The molecule has 0 radical (unpaired) electrons. The molecule has 2 rings (SSSR count). The van der Waals surface area contributed by atoms with Crippen molar-refractivity contribution in [1.29, 1.82) is 0 Å². The van der Waals surface area contributed by atoms with E-state index in [0.717, 1.165) is 24.7 Å². The molecule has 2 heterocycles. The third kappa shape index (κ3) is 4.31. The SMILES string of the molecule is Cc1nc(NCCCCCCC(C)C)cc2n[nH]c(=O)n12. The summed E-state index contributed by atoms with van der Waals surface area (Å²) in [5.41, 5.74) is 0.360. The maximum absolute atomic E-state index is 11.5. The van der Waals surface area contributed by atoms with Crippen LogP contribution in [-0.2, 0) is 0 Å². The molecule has 0 saturated carbocycles. The quantitative estimate of drug-likeness (QED) is 0.733. The van der Waals surface area contributed by atoms with Gasteiger partial charge < -0.3 is 5.32 Å². The van der Waals surface area contributed by atoms with Crippen LogP contribution in [0.25, 0.3) is 5.65 Å². The summed E-state index contributed by atoms with van der Waals surface area (Å²) in [4.78, 5) is 15.9. The highest BCUT2D eigenvalue weighted by Gasteiger charge is 2.06. The molecule has 0 atom stereocenters. The normalized spacial score (nSPS) is 11.4. The maximum Gasteiger partial charge on any atom is 0.349 e. The Kier molecular flexibility index (Phi) is 5.36. The van der Waals surface area contributed by atoms with Crippen molar-refractivity contribution >= 4 is 11.5 Å². The van der Waals surface area contributed by atoms with Gasteiger partial charge in [-0.2, -0.15) is 5.10 Å². The van der Waals surface area contributed by atoms with Crippen molar-refractivity contribution in [2.75, 3.05) is 11.9 Å². The maximum atomic E-state index is 11.5. The van der Waals surface area contributed by atoms with Crippen LogP contribution in [0.2, 0.25) is 0 Å². The van der Waals surface area contributed by atoms with Gasteiger partial charge in [0, 0.05) is 12.6 Å². The minimum Gasteiger partial charge on any atom is -0.370 e. The van der Waals surface area contributed by atoms with Crippen LogP contribution in [0, 0.1) is 12.8 Å². The van der Waals surface area contributed by atoms with Crippen LogP contribution < -0.4 is 11.0 Å². The number of aromatic amines is 1. The molecular weight excluding hydrogens is 266 g/mol. The summed E-state index contributed by atoms with van der Waals surface area (Å²) < 4.78 is 1.47. The number of fused-ring (bicyclic) bond motifs is 1. The van der Waals surface area contributed by atoms with Crippen LogP contribution in [0.5, 0.6) is 0 Å². The Hall–Kier alpha value is -1.85. The Labute approximate surface area is 125 Å². The summed E-state index contributed by atoms with van der Waals surface area (Å²) in [5, 5.41) is 9.71. The van der Waals surface area contributed by atoms with Crippen LogP contribution in [0.4, 0.5) is 5.82 Å². The average molecular weight is 291 g/mol. The Morgan fingerprint density at radius 1 is 1.29 bits per heavy atom. The van der Waals surface area contributed by atoms with Gasteiger partial charge >= 0.3 is 5.69 Å². The van der Waals surface area contributed by atoms with Gasteiger partial charge in [-0.3, -0.25) is 0 Å². The number of rotatable bonds is 8. The van der Waals surface area contributed by atoms with Crippen LogP contribution in [0.3, 0.4) is 0 Å². The highest BCUT2D eigenvalue weighted by molar-refractivity contribution is 5.49. The van der Waals surface area contributed by atoms with E-state index in [9.17, 15) is 4.79 Å². The fourth-order valence-corrected chi connectivity index (χ4v) is 2.44. The Balaban J connectivity index is 1.78. The first-order valence-electron chi connectivity index (χ1n) is 7.76. The number of unbranched alkanes of at least 4 members (excludes halogenated alkanes) is 3. The number of anilines is 1. The summed E-state index contributed by atoms with van der Waals surface area (Å²) in [6.07, 6.45) is 6.30. The highest BCUT2D eigenvalue weighted by Crippen LogP contribution is 2.11. The summed E-state index contributed by atoms with van der Waals surface area (Å²) in [5.74, 6) is 2.23. The van der Waals surface area contributed by atoms with E-state index >= 15 is 0 Å². The fourth-order valence-electron chi connectivity index (χ4n) is 2.44. The predicted molar refractivity (Wildman–Crippen MR) is 84.8 cm³/mol. The van der Waals surface area contributed by atoms with Gasteiger partial charge in [0.1, 0.15) is 11.6 Å². The second-order valence-electron chi connectivity index (χ2n) is 5.93. The van der Waals surface area contributed by atoms with Gasteiger partial charge in [0.2, 0.25) is 0 Å². The summed E-state index contributed by atoms with van der Waals surface area (Å²) in [6, 6.07) is 1.80. The van der Waals surface area contributed by atoms with E-state index in [2.05, 4.69) is 34.3 Å². The Morgan fingerprint density at radius 2 is 2.05 bits per heavy atom. The zero-order valence-corrected chi connectivity index (χ0v) is 13.1. The molecule has 0 fully saturated rings. The second-order valence-corrected chi connectivity index (χ2v) is 5.93. The number of aryl methyl sites for hydroxylation is 1. The minimum atomic E-state index is -0.244. The lowest BCUT2D eigenvalue weighted by molar-refractivity contribution is 0.523. The molecule has 116 valence electrons. The molecule has 0 aromatic carbocycles. The number of hydrogen-bond donors (Lipinski definition) is 2. The van der Waals surface area contributed by atoms with Crippen LogP contribution in [0.15, 0.2) is 10.9 Å². The van der Waals surface area contributed by atoms with Gasteiger partial charge in [0.15, 0.2) is 5.65 Å². The van der Waals surface area contributed by atoms with Gasteiger partial charge in [-0.05, 0) is 19.3 Å². The standard InChI is InChI=1S/C15H25N5O/c1-11(2)8-6-4-5-7-9-16-13-10-14-18-19-15(21)20(14)12(3)17-13/h10-11,16H,4-9H2,1-3H3,(H,19,21). The van der Waals surface area contributed by atoms with Crippen molar-refractivity contribution in [2.45, 2.75) is 52.9 Å². The highest BCUT2D eigenvalue weighted by atomic mass is 16.1. The van der Waals surface area contributed by atoms with Crippen molar-refractivity contribution in [3.63, 3.8) is 0 Å². The summed E-state index contributed by atoms with van der Waals surface area (Å²) >= 11 is 0. The van der Waals surface area contributed by atoms with E-state index < -0.39 is 0 Å². The van der Waals surface area contributed by atoms with Crippen molar-refractivity contribution < 1.29 is 0 Å².